The standard InChI is InChI=1S/C21H25ClN2OS/c1-14-9-11-16(12-10-14)24-21(25)19-8-4-6-17(23-19)13-26-20-15(2)5-3-7-18(20)22/h3-8,14,16H,9-13H2,1-2H3,(H,24,25). The molecule has 3 rings (SSSR count). The van der Waals surface area contributed by atoms with Gasteiger partial charge < -0.3 is 5.32 Å². The van der Waals surface area contributed by atoms with Crippen molar-refractivity contribution >= 4 is 29.3 Å². The average molecular weight is 389 g/mol. The van der Waals surface area contributed by atoms with E-state index in [1.807, 2.05) is 24.3 Å². The lowest BCUT2D eigenvalue weighted by atomic mass is 9.87. The highest BCUT2D eigenvalue weighted by Gasteiger charge is 2.20. The summed E-state index contributed by atoms with van der Waals surface area (Å²) in [6, 6.07) is 11.8. The van der Waals surface area contributed by atoms with E-state index in [-0.39, 0.29) is 11.9 Å². The molecule has 0 aliphatic heterocycles. The summed E-state index contributed by atoms with van der Waals surface area (Å²) in [5.41, 5.74) is 2.54. The number of aromatic nitrogens is 1. The highest BCUT2D eigenvalue weighted by molar-refractivity contribution is 7.98. The van der Waals surface area contributed by atoms with E-state index in [2.05, 4.69) is 30.2 Å². The molecule has 1 fully saturated rings. The van der Waals surface area contributed by atoms with E-state index >= 15 is 0 Å². The largest absolute Gasteiger partial charge is 0.348 e. The summed E-state index contributed by atoms with van der Waals surface area (Å²) in [4.78, 5) is 18.2. The van der Waals surface area contributed by atoms with Crippen molar-refractivity contribution in [2.75, 3.05) is 0 Å². The number of pyridine rings is 1. The van der Waals surface area contributed by atoms with Crippen molar-refractivity contribution in [1.82, 2.24) is 10.3 Å². The quantitative estimate of drug-likeness (QED) is 0.673. The fourth-order valence-electron chi connectivity index (χ4n) is 3.30. The molecule has 2 aromatic rings. The van der Waals surface area contributed by atoms with Crippen LogP contribution in [0.2, 0.25) is 5.02 Å². The number of carbonyl (C=O) groups excluding carboxylic acids is 1. The van der Waals surface area contributed by atoms with Crippen molar-refractivity contribution in [2.24, 2.45) is 5.92 Å². The SMILES string of the molecule is Cc1cccc(Cl)c1SCc1cccc(C(=O)NC2CCC(C)CC2)n1. The summed E-state index contributed by atoms with van der Waals surface area (Å²) < 4.78 is 0. The third kappa shape index (κ3) is 5.01. The summed E-state index contributed by atoms with van der Waals surface area (Å²) in [5, 5.41) is 3.91. The molecule has 1 aliphatic rings. The molecule has 1 amide bonds. The third-order valence-electron chi connectivity index (χ3n) is 4.92. The van der Waals surface area contributed by atoms with E-state index in [1.54, 1.807) is 17.8 Å². The molecule has 1 heterocycles. The molecule has 3 nitrogen and oxygen atoms in total. The minimum absolute atomic E-state index is 0.0645. The second-order valence-corrected chi connectivity index (χ2v) is 8.51. The maximum absolute atomic E-state index is 12.5. The Morgan fingerprint density at radius 1 is 1.19 bits per heavy atom. The number of benzene rings is 1. The van der Waals surface area contributed by atoms with Crippen LogP contribution in [-0.2, 0) is 5.75 Å². The zero-order chi connectivity index (χ0) is 18.5. The van der Waals surface area contributed by atoms with E-state index < -0.39 is 0 Å². The summed E-state index contributed by atoms with van der Waals surface area (Å²) in [7, 11) is 0. The topological polar surface area (TPSA) is 42.0 Å². The van der Waals surface area contributed by atoms with E-state index in [0.717, 1.165) is 39.9 Å². The van der Waals surface area contributed by atoms with Crippen molar-refractivity contribution in [3.8, 4) is 0 Å². The maximum Gasteiger partial charge on any atom is 0.270 e. The van der Waals surface area contributed by atoms with Crippen LogP contribution in [0.3, 0.4) is 0 Å². The van der Waals surface area contributed by atoms with Gasteiger partial charge in [0, 0.05) is 16.7 Å². The van der Waals surface area contributed by atoms with Crippen molar-refractivity contribution in [3.05, 3.63) is 58.4 Å². The second-order valence-electron chi connectivity index (χ2n) is 7.12. The highest BCUT2D eigenvalue weighted by Crippen LogP contribution is 2.32. The van der Waals surface area contributed by atoms with Crippen molar-refractivity contribution in [1.29, 1.82) is 0 Å². The van der Waals surface area contributed by atoms with Crippen molar-refractivity contribution < 1.29 is 4.79 Å². The third-order valence-corrected chi connectivity index (χ3v) is 6.62. The van der Waals surface area contributed by atoms with E-state index in [0.29, 0.717) is 11.4 Å². The molecule has 0 saturated heterocycles. The molecule has 1 aliphatic carbocycles. The Morgan fingerprint density at radius 2 is 1.92 bits per heavy atom. The monoisotopic (exact) mass is 388 g/mol. The van der Waals surface area contributed by atoms with Crippen LogP contribution in [0.4, 0.5) is 0 Å². The zero-order valence-corrected chi connectivity index (χ0v) is 16.9. The van der Waals surface area contributed by atoms with Gasteiger partial charge in [-0.2, -0.15) is 0 Å². The molecule has 26 heavy (non-hydrogen) atoms. The Kier molecular flexibility index (Phi) is 6.60. The number of amides is 1. The molecule has 0 unspecified atom stereocenters. The summed E-state index contributed by atoms with van der Waals surface area (Å²) in [6.45, 7) is 4.33. The Hall–Kier alpha value is -1.52. The van der Waals surface area contributed by atoms with Gasteiger partial charge in [0.05, 0.1) is 10.7 Å². The number of thioether (sulfide) groups is 1. The molecule has 1 saturated carbocycles. The number of aryl methyl sites for hydroxylation is 1. The molecular weight excluding hydrogens is 364 g/mol. The van der Waals surface area contributed by atoms with Gasteiger partial charge in [0.25, 0.3) is 5.91 Å². The molecule has 1 aromatic carbocycles. The molecule has 1 aromatic heterocycles. The first-order valence-corrected chi connectivity index (χ1v) is 10.5. The van der Waals surface area contributed by atoms with Crippen LogP contribution in [0.15, 0.2) is 41.3 Å². The number of rotatable bonds is 5. The van der Waals surface area contributed by atoms with Crippen molar-refractivity contribution in [3.63, 3.8) is 0 Å². The van der Waals surface area contributed by atoms with Gasteiger partial charge in [-0.05, 0) is 62.3 Å². The first-order chi connectivity index (χ1) is 12.5. The van der Waals surface area contributed by atoms with Gasteiger partial charge in [-0.1, -0.05) is 36.7 Å². The van der Waals surface area contributed by atoms with Gasteiger partial charge in [0.15, 0.2) is 0 Å². The van der Waals surface area contributed by atoms with Gasteiger partial charge in [-0.3, -0.25) is 4.79 Å². The smallest absolute Gasteiger partial charge is 0.270 e. The molecule has 1 N–H and O–H groups in total. The fourth-order valence-corrected chi connectivity index (χ4v) is 4.64. The average Bonchev–Trinajstić information content (AvgIpc) is 2.63. The Morgan fingerprint density at radius 3 is 2.65 bits per heavy atom. The normalized spacial score (nSPS) is 20.0. The molecule has 138 valence electrons. The number of nitrogens with one attached hydrogen (secondary N) is 1. The van der Waals surface area contributed by atoms with Gasteiger partial charge in [0.1, 0.15) is 5.69 Å². The van der Waals surface area contributed by atoms with Crippen LogP contribution in [-0.4, -0.2) is 16.9 Å². The lowest BCUT2D eigenvalue weighted by molar-refractivity contribution is 0.0917. The lowest BCUT2D eigenvalue weighted by Gasteiger charge is -2.26. The summed E-state index contributed by atoms with van der Waals surface area (Å²) in [6.07, 6.45) is 4.50. The van der Waals surface area contributed by atoms with Crippen molar-refractivity contribution in [2.45, 2.75) is 56.2 Å². The molecule has 0 bridgehead atoms. The van der Waals surface area contributed by atoms with E-state index in [4.69, 9.17) is 11.6 Å². The van der Waals surface area contributed by atoms with E-state index in [9.17, 15) is 4.79 Å². The van der Waals surface area contributed by atoms with Crippen LogP contribution in [0.25, 0.3) is 0 Å². The van der Waals surface area contributed by atoms with Crippen LogP contribution < -0.4 is 5.32 Å². The van der Waals surface area contributed by atoms with Crippen LogP contribution in [0, 0.1) is 12.8 Å². The van der Waals surface area contributed by atoms with Crippen LogP contribution >= 0.6 is 23.4 Å². The Labute approximate surface area is 164 Å². The van der Waals surface area contributed by atoms with Gasteiger partial charge >= 0.3 is 0 Å². The Bertz CT molecular complexity index is 752. The van der Waals surface area contributed by atoms with Gasteiger partial charge in [0.2, 0.25) is 0 Å². The molecule has 0 radical (unpaired) electrons. The number of nitrogens with zero attached hydrogens (tertiary/aromatic N) is 1. The predicted molar refractivity (Wildman–Crippen MR) is 109 cm³/mol. The van der Waals surface area contributed by atoms with Crippen LogP contribution in [0.1, 0.15) is 54.4 Å². The molecule has 0 spiro atoms. The van der Waals surface area contributed by atoms with Gasteiger partial charge in [-0.25, -0.2) is 4.98 Å². The zero-order valence-electron chi connectivity index (χ0n) is 15.3. The molecule has 0 atom stereocenters. The first kappa shape index (κ1) is 19.2. The highest BCUT2D eigenvalue weighted by atomic mass is 35.5. The van der Waals surface area contributed by atoms with Crippen LogP contribution in [0.5, 0.6) is 0 Å². The minimum atomic E-state index is -0.0645. The lowest BCUT2D eigenvalue weighted by Crippen LogP contribution is -2.37. The number of carbonyl (C=O) groups is 1. The second kappa shape index (κ2) is 8.92. The molecular formula is C21H25ClN2OS. The van der Waals surface area contributed by atoms with Gasteiger partial charge in [-0.15, -0.1) is 11.8 Å². The fraction of sp³-hybridized carbons (Fsp3) is 0.429. The first-order valence-electron chi connectivity index (χ1n) is 9.17. The maximum atomic E-state index is 12.5. The number of hydrogen-bond donors (Lipinski definition) is 1. The minimum Gasteiger partial charge on any atom is -0.348 e. The summed E-state index contributed by atoms with van der Waals surface area (Å²) >= 11 is 7.95. The summed E-state index contributed by atoms with van der Waals surface area (Å²) in [5.74, 6) is 1.40. The number of halogens is 1. The van der Waals surface area contributed by atoms with E-state index in [1.165, 1.54) is 12.8 Å². The Balaban J connectivity index is 1.61. The predicted octanol–water partition coefficient (Wildman–Crippen LogP) is 5.64. The molecule has 5 heteroatoms. The number of hydrogen-bond acceptors (Lipinski definition) is 3.